The van der Waals surface area contributed by atoms with Crippen molar-refractivity contribution in [2.45, 2.75) is 44.2 Å². The molecule has 1 aromatic carbocycles. The molecular weight excluding hydrogens is 250 g/mol. The van der Waals surface area contributed by atoms with Crippen LogP contribution in [0.5, 0.6) is 0 Å². The summed E-state index contributed by atoms with van der Waals surface area (Å²) in [6.07, 6.45) is 4.23. The molecule has 1 aliphatic rings. The van der Waals surface area contributed by atoms with Gasteiger partial charge < -0.3 is 11.1 Å². The molecule has 0 spiro atoms. The molecule has 1 aliphatic carbocycles. The minimum Gasteiger partial charge on any atom is -0.350 e. The quantitative estimate of drug-likeness (QED) is 0.883. The van der Waals surface area contributed by atoms with E-state index in [0.717, 1.165) is 37.5 Å². The van der Waals surface area contributed by atoms with Crippen LogP contribution in [0.4, 0.5) is 8.78 Å². The molecule has 1 fully saturated rings. The fraction of sp³-hybridized carbons (Fsp3) is 0.500. The van der Waals surface area contributed by atoms with Crippen LogP contribution >= 0.6 is 0 Å². The highest BCUT2D eigenvalue weighted by Crippen LogP contribution is 2.26. The Hall–Kier alpha value is -1.49. The van der Waals surface area contributed by atoms with E-state index in [9.17, 15) is 13.6 Å². The van der Waals surface area contributed by atoms with Gasteiger partial charge in [-0.25, -0.2) is 8.78 Å². The Labute approximate surface area is 111 Å². The molecule has 0 radical (unpaired) electrons. The number of hydrogen-bond donors (Lipinski definition) is 2. The number of nitrogens with one attached hydrogen (secondary N) is 1. The molecule has 0 heterocycles. The average Bonchev–Trinajstić information content (AvgIpc) is 2.40. The summed E-state index contributed by atoms with van der Waals surface area (Å²) in [5.74, 6) is -1.34. The first kappa shape index (κ1) is 13.9. The van der Waals surface area contributed by atoms with Crippen molar-refractivity contribution in [3.8, 4) is 0 Å². The number of rotatable bonds is 3. The van der Waals surface area contributed by atoms with Crippen molar-refractivity contribution in [2.75, 3.05) is 0 Å². The lowest BCUT2D eigenvalue weighted by Gasteiger charge is -2.31. The fourth-order valence-corrected chi connectivity index (χ4v) is 2.44. The Morgan fingerprint density at radius 3 is 2.63 bits per heavy atom. The van der Waals surface area contributed by atoms with E-state index in [-0.39, 0.29) is 18.0 Å². The Morgan fingerprint density at radius 1 is 1.26 bits per heavy atom. The third-order valence-corrected chi connectivity index (χ3v) is 3.65. The van der Waals surface area contributed by atoms with Crippen LogP contribution in [0.25, 0.3) is 0 Å². The second kappa shape index (κ2) is 5.65. The van der Waals surface area contributed by atoms with Crippen molar-refractivity contribution in [1.82, 2.24) is 5.32 Å². The lowest BCUT2D eigenvalue weighted by Crippen LogP contribution is -2.54. The summed E-state index contributed by atoms with van der Waals surface area (Å²) >= 11 is 0. The van der Waals surface area contributed by atoms with Gasteiger partial charge in [0.25, 0.3) is 0 Å². The summed E-state index contributed by atoms with van der Waals surface area (Å²) in [7, 11) is 0. The van der Waals surface area contributed by atoms with Gasteiger partial charge in [0.15, 0.2) is 0 Å². The largest absolute Gasteiger partial charge is 0.350 e. The van der Waals surface area contributed by atoms with Gasteiger partial charge in [-0.3, -0.25) is 4.79 Å². The standard InChI is InChI=1S/C14H18F2N2O/c15-11-4-5-12(16)10(8-11)9-18-13(19)14(17)6-2-1-3-7-14/h4-5,8H,1-3,6-7,9,17H2,(H,18,19). The molecule has 0 atom stereocenters. The number of carbonyl (C=O) groups is 1. The zero-order valence-electron chi connectivity index (χ0n) is 10.7. The maximum atomic E-state index is 13.4. The lowest BCUT2D eigenvalue weighted by atomic mass is 9.82. The van der Waals surface area contributed by atoms with Crippen LogP contribution in [0, 0.1) is 11.6 Å². The monoisotopic (exact) mass is 268 g/mol. The molecule has 0 bridgehead atoms. The van der Waals surface area contributed by atoms with Gasteiger partial charge in [0.1, 0.15) is 11.6 Å². The number of amides is 1. The second-order valence-electron chi connectivity index (χ2n) is 5.14. The van der Waals surface area contributed by atoms with E-state index in [1.807, 2.05) is 0 Å². The summed E-state index contributed by atoms with van der Waals surface area (Å²) in [6, 6.07) is 3.18. The molecule has 3 N–H and O–H groups in total. The summed E-state index contributed by atoms with van der Waals surface area (Å²) in [5, 5.41) is 2.61. The minimum atomic E-state index is -0.859. The predicted molar refractivity (Wildman–Crippen MR) is 68.2 cm³/mol. The molecule has 1 saturated carbocycles. The molecule has 1 amide bonds. The average molecular weight is 268 g/mol. The van der Waals surface area contributed by atoms with Gasteiger partial charge in [-0.15, -0.1) is 0 Å². The summed E-state index contributed by atoms with van der Waals surface area (Å²) < 4.78 is 26.4. The first-order chi connectivity index (χ1) is 9.01. The van der Waals surface area contributed by atoms with Gasteiger partial charge in [0, 0.05) is 12.1 Å². The maximum absolute atomic E-state index is 13.4. The molecule has 0 aliphatic heterocycles. The highest BCUT2D eigenvalue weighted by Gasteiger charge is 2.34. The molecule has 1 aromatic rings. The van der Waals surface area contributed by atoms with Crippen molar-refractivity contribution in [1.29, 1.82) is 0 Å². The minimum absolute atomic E-state index is 0.0403. The first-order valence-corrected chi connectivity index (χ1v) is 6.52. The van der Waals surface area contributed by atoms with Crippen molar-refractivity contribution in [2.24, 2.45) is 5.73 Å². The van der Waals surface area contributed by atoms with Gasteiger partial charge in [0.2, 0.25) is 5.91 Å². The predicted octanol–water partition coefficient (Wildman–Crippen LogP) is 2.24. The van der Waals surface area contributed by atoms with E-state index in [2.05, 4.69) is 5.32 Å². The van der Waals surface area contributed by atoms with Crippen molar-refractivity contribution in [3.63, 3.8) is 0 Å². The third-order valence-electron chi connectivity index (χ3n) is 3.65. The highest BCUT2D eigenvalue weighted by atomic mass is 19.1. The third kappa shape index (κ3) is 3.29. The van der Waals surface area contributed by atoms with Crippen molar-refractivity contribution in [3.05, 3.63) is 35.4 Å². The van der Waals surface area contributed by atoms with Crippen LogP contribution in [-0.4, -0.2) is 11.4 Å². The highest BCUT2D eigenvalue weighted by molar-refractivity contribution is 5.86. The van der Waals surface area contributed by atoms with Gasteiger partial charge in [0.05, 0.1) is 5.54 Å². The molecule has 2 rings (SSSR count). The van der Waals surface area contributed by atoms with E-state index in [4.69, 9.17) is 5.73 Å². The van der Waals surface area contributed by atoms with Crippen molar-refractivity contribution >= 4 is 5.91 Å². The summed E-state index contributed by atoms with van der Waals surface area (Å²) in [5.41, 5.74) is 5.33. The molecule has 5 heteroatoms. The topological polar surface area (TPSA) is 55.1 Å². The number of benzene rings is 1. The maximum Gasteiger partial charge on any atom is 0.240 e. The molecular formula is C14H18F2N2O. The van der Waals surface area contributed by atoms with Crippen LogP contribution in [0.1, 0.15) is 37.7 Å². The molecule has 0 saturated heterocycles. The number of halogens is 2. The molecule has 19 heavy (non-hydrogen) atoms. The Kier molecular flexibility index (Phi) is 4.14. The number of nitrogens with two attached hydrogens (primary N) is 1. The molecule has 0 unspecified atom stereocenters. The van der Waals surface area contributed by atoms with Gasteiger partial charge in [-0.2, -0.15) is 0 Å². The van der Waals surface area contributed by atoms with Gasteiger partial charge in [-0.1, -0.05) is 19.3 Å². The number of carbonyl (C=O) groups excluding carboxylic acids is 1. The second-order valence-corrected chi connectivity index (χ2v) is 5.14. The zero-order chi connectivity index (χ0) is 13.9. The lowest BCUT2D eigenvalue weighted by molar-refractivity contribution is -0.127. The molecule has 0 aromatic heterocycles. The number of hydrogen-bond acceptors (Lipinski definition) is 2. The van der Waals surface area contributed by atoms with Crippen LogP contribution in [0.2, 0.25) is 0 Å². The normalized spacial score (nSPS) is 18.1. The molecule has 3 nitrogen and oxygen atoms in total. The Balaban J connectivity index is 1.98. The summed E-state index contributed by atoms with van der Waals surface area (Å²) in [6.45, 7) is -0.0403. The fourth-order valence-electron chi connectivity index (χ4n) is 2.44. The zero-order valence-corrected chi connectivity index (χ0v) is 10.7. The Morgan fingerprint density at radius 2 is 1.95 bits per heavy atom. The summed E-state index contributed by atoms with van der Waals surface area (Å²) in [4.78, 5) is 12.0. The van der Waals surface area contributed by atoms with Crippen molar-refractivity contribution < 1.29 is 13.6 Å². The van der Waals surface area contributed by atoms with E-state index in [0.29, 0.717) is 12.8 Å². The molecule has 104 valence electrons. The van der Waals surface area contributed by atoms with Crippen LogP contribution in [-0.2, 0) is 11.3 Å². The smallest absolute Gasteiger partial charge is 0.240 e. The van der Waals surface area contributed by atoms with E-state index in [1.54, 1.807) is 0 Å². The van der Waals surface area contributed by atoms with E-state index < -0.39 is 17.2 Å². The van der Waals surface area contributed by atoms with E-state index in [1.165, 1.54) is 0 Å². The van der Waals surface area contributed by atoms with E-state index >= 15 is 0 Å². The van der Waals surface area contributed by atoms with Gasteiger partial charge >= 0.3 is 0 Å². The SMILES string of the molecule is NC1(C(=O)NCc2cc(F)ccc2F)CCCCC1. The van der Waals surface area contributed by atoms with Crippen LogP contribution < -0.4 is 11.1 Å². The van der Waals surface area contributed by atoms with Crippen LogP contribution in [0.15, 0.2) is 18.2 Å². The Bertz CT molecular complexity index is 471. The first-order valence-electron chi connectivity index (χ1n) is 6.52. The van der Waals surface area contributed by atoms with Gasteiger partial charge in [-0.05, 0) is 31.0 Å². The van der Waals surface area contributed by atoms with Crippen LogP contribution in [0.3, 0.4) is 0 Å².